The first-order valence-electron chi connectivity index (χ1n) is 16.8. The molecule has 3 aromatic carbocycles. The number of ether oxygens (including phenoxy) is 5. The predicted molar refractivity (Wildman–Crippen MR) is 188 cm³/mol. The van der Waals surface area contributed by atoms with Crippen molar-refractivity contribution in [2.75, 3.05) is 79.6 Å². The lowest BCUT2D eigenvalue weighted by Gasteiger charge is -2.35. The van der Waals surface area contributed by atoms with Crippen LogP contribution in [0, 0.1) is 0 Å². The van der Waals surface area contributed by atoms with Crippen LogP contribution >= 0.6 is 0 Å². The standard InChI is InChI=1S/C37H45N5O7/c1-45-31-21-28-30(39-24-26-9-7-13-42(26)37(28)44)22-32(31)49-18-8-12-40-14-16-41(17-15-40)36(43)27-10-5-6-11-29(27)38-23-25-19-33(46-2)35(48-4)34(20-25)47-3/h5-6,10-11,19-22,24,26,38H,7-9,12-18,23H2,1-4H3/t26-/m0/s1. The summed E-state index contributed by atoms with van der Waals surface area (Å²) in [5.74, 6) is 2.81. The van der Waals surface area contributed by atoms with Gasteiger partial charge in [0.1, 0.15) is 0 Å². The number of benzene rings is 3. The van der Waals surface area contributed by atoms with Crippen LogP contribution in [-0.2, 0) is 6.54 Å². The van der Waals surface area contributed by atoms with E-state index in [1.165, 1.54) is 0 Å². The summed E-state index contributed by atoms with van der Waals surface area (Å²) in [6.07, 6.45) is 4.62. The molecule has 3 aliphatic rings. The molecule has 0 aromatic heterocycles. The number of para-hydroxylation sites is 1. The van der Waals surface area contributed by atoms with Gasteiger partial charge in [-0.05, 0) is 55.2 Å². The molecule has 0 bridgehead atoms. The molecule has 6 rings (SSSR count). The number of hydrogen-bond acceptors (Lipinski definition) is 10. The van der Waals surface area contributed by atoms with E-state index >= 15 is 0 Å². The summed E-state index contributed by atoms with van der Waals surface area (Å²) < 4.78 is 28.1. The van der Waals surface area contributed by atoms with E-state index in [0.29, 0.717) is 71.8 Å². The summed E-state index contributed by atoms with van der Waals surface area (Å²) >= 11 is 0. The van der Waals surface area contributed by atoms with Crippen molar-refractivity contribution in [2.45, 2.75) is 31.8 Å². The Kier molecular flexibility index (Phi) is 10.7. The Hall–Kier alpha value is -4.97. The summed E-state index contributed by atoms with van der Waals surface area (Å²) in [7, 11) is 6.34. The van der Waals surface area contributed by atoms with Gasteiger partial charge in [0.2, 0.25) is 5.75 Å². The first-order chi connectivity index (χ1) is 23.9. The maximum Gasteiger partial charge on any atom is 0.256 e. The minimum atomic E-state index is -0.00660. The number of aliphatic imine (C=N–C) groups is 1. The highest BCUT2D eigenvalue weighted by Crippen LogP contribution is 2.39. The highest BCUT2D eigenvalue weighted by atomic mass is 16.5. The molecular weight excluding hydrogens is 626 g/mol. The molecule has 2 fully saturated rings. The average molecular weight is 672 g/mol. The number of anilines is 1. The van der Waals surface area contributed by atoms with Gasteiger partial charge < -0.3 is 38.8 Å². The van der Waals surface area contributed by atoms with Gasteiger partial charge in [0, 0.05) is 63.8 Å². The third-order valence-electron chi connectivity index (χ3n) is 9.36. The molecule has 3 aliphatic heterocycles. The van der Waals surface area contributed by atoms with E-state index in [1.54, 1.807) is 34.5 Å². The van der Waals surface area contributed by atoms with Crippen molar-refractivity contribution >= 4 is 29.4 Å². The highest BCUT2D eigenvalue weighted by Gasteiger charge is 2.32. The van der Waals surface area contributed by atoms with Crippen molar-refractivity contribution in [2.24, 2.45) is 4.99 Å². The van der Waals surface area contributed by atoms with Crippen molar-refractivity contribution in [1.29, 1.82) is 0 Å². The van der Waals surface area contributed by atoms with Gasteiger partial charge in [-0.1, -0.05) is 12.1 Å². The molecule has 2 saturated heterocycles. The Bertz CT molecular complexity index is 1660. The number of carbonyl (C=O) groups is 2. The maximum absolute atomic E-state index is 13.6. The number of methoxy groups -OCH3 is 4. The van der Waals surface area contributed by atoms with E-state index in [4.69, 9.17) is 23.7 Å². The van der Waals surface area contributed by atoms with Gasteiger partial charge in [0.05, 0.1) is 57.9 Å². The van der Waals surface area contributed by atoms with Crippen LogP contribution in [0.25, 0.3) is 0 Å². The van der Waals surface area contributed by atoms with Gasteiger partial charge in [-0.15, -0.1) is 0 Å². The molecule has 2 amide bonds. The van der Waals surface area contributed by atoms with Crippen LogP contribution < -0.4 is 29.0 Å². The van der Waals surface area contributed by atoms with E-state index in [2.05, 4.69) is 15.2 Å². The Labute approximate surface area is 287 Å². The Morgan fingerprint density at radius 3 is 2.33 bits per heavy atom. The second-order valence-corrected chi connectivity index (χ2v) is 12.3. The summed E-state index contributed by atoms with van der Waals surface area (Å²) in [6, 6.07) is 15.0. The van der Waals surface area contributed by atoms with E-state index in [0.717, 1.165) is 56.7 Å². The van der Waals surface area contributed by atoms with Crippen LogP contribution in [0.15, 0.2) is 53.5 Å². The molecule has 0 radical (unpaired) electrons. The second kappa shape index (κ2) is 15.5. The zero-order valence-electron chi connectivity index (χ0n) is 28.7. The van der Waals surface area contributed by atoms with Gasteiger partial charge in [0.25, 0.3) is 11.8 Å². The number of nitrogens with one attached hydrogen (secondary N) is 1. The molecule has 0 spiro atoms. The van der Waals surface area contributed by atoms with Crippen LogP contribution in [0.1, 0.15) is 45.5 Å². The quantitative estimate of drug-likeness (QED) is 0.254. The molecule has 3 heterocycles. The minimum absolute atomic E-state index is 0.00660. The Morgan fingerprint density at radius 1 is 0.878 bits per heavy atom. The monoisotopic (exact) mass is 671 g/mol. The van der Waals surface area contributed by atoms with Gasteiger partial charge in [-0.3, -0.25) is 19.5 Å². The fraction of sp³-hybridized carbons (Fsp3) is 0.432. The highest BCUT2D eigenvalue weighted by molar-refractivity contribution is 6.03. The predicted octanol–water partition coefficient (Wildman–Crippen LogP) is 4.88. The molecule has 0 saturated carbocycles. The molecule has 49 heavy (non-hydrogen) atoms. The fourth-order valence-electron chi connectivity index (χ4n) is 6.69. The van der Waals surface area contributed by atoms with Gasteiger partial charge in [-0.2, -0.15) is 0 Å². The molecule has 12 nitrogen and oxygen atoms in total. The molecule has 0 unspecified atom stereocenters. The number of amides is 2. The van der Waals surface area contributed by atoms with Gasteiger partial charge >= 0.3 is 0 Å². The second-order valence-electron chi connectivity index (χ2n) is 12.3. The third kappa shape index (κ3) is 7.39. The molecule has 0 aliphatic carbocycles. The summed E-state index contributed by atoms with van der Waals surface area (Å²) in [4.78, 5) is 37.6. The van der Waals surface area contributed by atoms with E-state index in [-0.39, 0.29) is 17.9 Å². The fourth-order valence-corrected chi connectivity index (χ4v) is 6.69. The molecule has 260 valence electrons. The van der Waals surface area contributed by atoms with Crippen molar-refractivity contribution in [3.05, 3.63) is 65.2 Å². The number of piperazine rings is 1. The molecular formula is C37H45N5O7. The zero-order chi connectivity index (χ0) is 34.3. The lowest BCUT2D eigenvalue weighted by molar-refractivity contribution is 0.0631. The Morgan fingerprint density at radius 2 is 1.61 bits per heavy atom. The van der Waals surface area contributed by atoms with Crippen LogP contribution in [-0.4, -0.2) is 113 Å². The maximum atomic E-state index is 13.6. The summed E-state index contributed by atoms with van der Waals surface area (Å²) in [5, 5.41) is 3.43. The van der Waals surface area contributed by atoms with E-state index in [1.807, 2.05) is 58.5 Å². The summed E-state index contributed by atoms with van der Waals surface area (Å²) in [6.45, 7) is 5.40. The topological polar surface area (TPSA) is 114 Å². The van der Waals surface area contributed by atoms with Crippen LogP contribution in [0.3, 0.4) is 0 Å². The van der Waals surface area contributed by atoms with Crippen molar-refractivity contribution in [3.8, 4) is 28.7 Å². The average Bonchev–Trinajstić information content (AvgIpc) is 3.58. The van der Waals surface area contributed by atoms with Crippen molar-refractivity contribution in [3.63, 3.8) is 0 Å². The van der Waals surface area contributed by atoms with Crippen molar-refractivity contribution in [1.82, 2.24) is 14.7 Å². The first-order valence-corrected chi connectivity index (χ1v) is 16.8. The van der Waals surface area contributed by atoms with Crippen LogP contribution in [0.4, 0.5) is 11.4 Å². The zero-order valence-corrected chi connectivity index (χ0v) is 28.7. The smallest absolute Gasteiger partial charge is 0.256 e. The van der Waals surface area contributed by atoms with E-state index in [9.17, 15) is 9.59 Å². The molecule has 1 N–H and O–H groups in total. The summed E-state index contributed by atoms with van der Waals surface area (Å²) in [5.41, 5.74) is 3.50. The van der Waals surface area contributed by atoms with Gasteiger partial charge in [0.15, 0.2) is 23.0 Å². The SMILES string of the molecule is COc1cc2c(cc1OCCCN1CCN(C(=O)c3ccccc3NCc3cc(OC)c(OC)c(OC)c3)CC1)N=C[C@@H]1CCCN1C2=O. The van der Waals surface area contributed by atoms with Crippen LogP contribution in [0.5, 0.6) is 28.7 Å². The number of nitrogens with zero attached hydrogens (tertiary/aromatic N) is 4. The molecule has 1 atom stereocenters. The van der Waals surface area contributed by atoms with Gasteiger partial charge in [-0.25, -0.2) is 0 Å². The number of carbonyl (C=O) groups excluding carboxylic acids is 2. The first kappa shape index (κ1) is 33.9. The van der Waals surface area contributed by atoms with Crippen molar-refractivity contribution < 1.29 is 33.3 Å². The van der Waals surface area contributed by atoms with E-state index < -0.39 is 0 Å². The number of rotatable bonds is 13. The normalized spacial score (nSPS) is 17.2. The number of fused-ring (bicyclic) bond motifs is 2. The largest absolute Gasteiger partial charge is 0.493 e. The third-order valence-corrected chi connectivity index (χ3v) is 9.36. The van der Waals surface area contributed by atoms with Crippen LogP contribution in [0.2, 0.25) is 0 Å². The molecule has 12 heteroatoms. The minimum Gasteiger partial charge on any atom is -0.493 e. The number of hydrogen-bond donors (Lipinski definition) is 1. The Balaban J connectivity index is 0.996. The lowest BCUT2D eigenvalue weighted by atomic mass is 10.1. The lowest BCUT2D eigenvalue weighted by Crippen LogP contribution is -2.49. The molecule has 3 aromatic rings.